The van der Waals surface area contributed by atoms with E-state index in [0.717, 1.165) is 32.5 Å². The van der Waals surface area contributed by atoms with Gasteiger partial charge < -0.3 is 10.2 Å². The second kappa shape index (κ2) is 7.92. The molecule has 1 aliphatic carbocycles. The minimum Gasteiger partial charge on any atom is -0.340 e. The van der Waals surface area contributed by atoms with Crippen LogP contribution in [0.1, 0.15) is 55.1 Å². The quantitative estimate of drug-likeness (QED) is 0.917. The van der Waals surface area contributed by atoms with Gasteiger partial charge in [-0.3, -0.25) is 4.79 Å². The molecule has 0 atom stereocenters. The number of amides is 1. The van der Waals surface area contributed by atoms with Crippen molar-refractivity contribution in [1.29, 1.82) is 0 Å². The van der Waals surface area contributed by atoms with E-state index in [9.17, 15) is 4.79 Å². The average Bonchev–Trinajstić information content (AvgIpc) is 3.18. The highest BCUT2D eigenvalue weighted by Crippen LogP contribution is 2.25. The number of carbonyl (C=O) groups excluding carboxylic acids is 1. The Hall–Kier alpha value is -1.14. The summed E-state index contributed by atoms with van der Waals surface area (Å²) in [6, 6.07) is 0.375. The molecule has 1 N–H and O–H groups in total. The first kappa shape index (κ1) is 17.2. The normalized spacial score (nSPS) is 19.9. The Kier molecular flexibility index (Phi) is 6.20. The summed E-state index contributed by atoms with van der Waals surface area (Å²) in [5.41, 5.74) is 0.481. The number of aromatic nitrogens is 3. The molecular formula is C15H26ClN5O. The number of nitrogens with one attached hydrogen (secondary N) is 1. The molecule has 2 fully saturated rings. The molecule has 1 aromatic heterocycles. The van der Waals surface area contributed by atoms with Crippen molar-refractivity contribution in [2.24, 2.45) is 5.92 Å². The molecule has 0 aromatic carbocycles. The lowest BCUT2D eigenvalue weighted by molar-refractivity contribution is 0.0767. The van der Waals surface area contributed by atoms with Gasteiger partial charge in [0.15, 0.2) is 5.69 Å². The van der Waals surface area contributed by atoms with E-state index in [4.69, 9.17) is 0 Å². The molecule has 2 aliphatic rings. The molecule has 3 rings (SSSR count). The largest absolute Gasteiger partial charge is 0.340 e. The first-order chi connectivity index (χ1) is 10.2. The van der Waals surface area contributed by atoms with Crippen LogP contribution in [0.15, 0.2) is 6.20 Å². The molecule has 1 aliphatic heterocycles. The van der Waals surface area contributed by atoms with Crippen LogP contribution in [0, 0.1) is 5.92 Å². The second-order valence-electron chi connectivity index (χ2n) is 6.40. The van der Waals surface area contributed by atoms with Crippen LogP contribution in [0.3, 0.4) is 0 Å². The first-order valence-corrected chi connectivity index (χ1v) is 8.12. The van der Waals surface area contributed by atoms with Gasteiger partial charge in [0.25, 0.3) is 5.91 Å². The first-order valence-electron chi connectivity index (χ1n) is 8.12. The fourth-order valence-electron chi connectivity index (χ4n) is 3.48. The lowest BCUT2D eigenvalue weighted by Gasteiger charge is -2.22. The summed E-state index contributed by atoms with van der Waals surface area (Å²) in [7, 11) is 1.88. The van der Waals surface area contributed by atoms with Crippen molar-refractivity contribution in [3.05, 3.63) is 11.9 Å². The van der Waals surface area contributed by atoms with Gasteiger partial charge in [0.1, 0.15) is 0 Å². The van der Waals surface area contributed by atoms with Crippen molar-refractivity contribution in [3.63, 3.8) is 0 Å². The zero-order valence-corrected chi connectivity index (χ0v) is 14.0. The fourth-order valence-corrected chi connectivity index (χ4v) is 3.48. The third-order valence-corrected chi connectivity index (χ3v) is 4.77. The van der Waals surface area contributed by atoms with Gasteiger partial charge in [0.2, 0.25) is 0 Å². The summed E-state index contributed by atoms with van der Waals surface area (Å²) in [6.07, 6.45) is 9.03. The Morgan fingerprint density at radius 3 is 2.68 bits per heavy atom. The highest BCUT2D eigenvalue weighted by molar-refractivity contribution is 5.91. The smallest absolute Gasteiger partial charge is 0.275 e. The van der Waals surface area contributed by atoms with Crippen molar-refractivity contribution in [2.75, 3.05) is 26.7 Å². The molecule has 1 aromatic rings. The summed E-state index contributed by atoms with van der Waals surface area (Å²) in [6.45, 7) is 2.86. The third-order valence-electron chi connectivity index (χ3n) is 4.77. The number of hydrogen-bond acceptors (Lipinski definition) is 4. The fraction of sp³-hybridized carbons (Fsp3) is 0.800. The lowest BCUT2D eigenvalue weighted by atomic mass is 10.1. The van der Waals surface area contributed by atoms with E-state index in [1.807, 2.05) is 22.8 Å². The van der Waals surface area contributed by atoms with Crippen LogP contribution in [0.2, 0.25) is 0 Å². The third kappa shape index (κ3) is 3.98. The maximum atomic E-state index is 12.4. The van der Waals surface area contributed by atoms with E-state index in [1.165, 1.54) is 25.7 Å². The summed E-state index contributed by atoms with van der Waals surface area (Å²) in [4.78, 5) is 14.2. The van der Waals surface area contributed by atoms with E-state index in [1.54, 1.807) is 0 Å². The number of hydrogen-bond donors (Lipinski definition) is 1. The van der Waals surface area contributed by atoms with Gasteiger partial charge in [-0.1, -0.05) is 18.1 Å². The maximum Gasteiger partial charge on any atom is 0.275 e. The zero-order chi connectivity index (χ0) is 14.7. The summed E-state index contributed by atoms with van der Waals surface area (Å²) in [5, 5.41) is 11.6. The Labute approximate surface area is 138 Å². The molecule has 0 bridgehead atoms. The predicted molar refractivity (Wildman–Crippen MR) is 87.3 cm³/mol. The Morgan fingerprint density at radius 2 is 2.00 bits per heavy atom. The van der Waals surface area contributed by atoms with Crippen LogP contribution in [0.4, 0.5) is 0 Å². The standard InChI is InChI=1S/C15H25N5O.ClH/c1-19(10-12-4-2-3-5-12)15(21)14-11-20(18-17-14)13-6-8-16-9-7-13;/h11-13,16H,2-10H2,1H3;1H. The van der Waals surface area contributed by atoms with Gasteiger partial charge in [0, 0.05) is 13.6 Å². The summed E-state index contributed by atoms with van der Waals surface area (Å²) < 4.78 is 1.87. The van der Waals surface area contributed by atoms with Gasteiger partial charge >= 0.3 is 0 Å². The van der Waals surface area contributed by atoms with E-state index in [-0.39, 0.29) is 18.3 Å². The van der Waals surface area contributed by atoms with Crippen LogP contribution in [0.5, 0.6) is 0 Å². The summed E-state index contributed by atoms with van der Waals surface area (Å²) in [5.74, 6) is 0.667. The maximum absolute atomic E-state index is 12.4. The lowest BCUT2D eigenvalue weighted by Crippen LogP contribution is -2.31. The SMILES string of the molecule is CN(CC1CCCC1)C(=O)c1cn(C2CCNCC2)nn1.Cl. The molecule has 1 saturated heterocycles. The number of piperidine rings is 1. The molecule has 0 spiro atoms. The Morgan fingerprint density at radius 1 is 1.32 bits per heavy atom. The second-order valence-corrected chi connectivity index (χ2v) is 6.40. The monoisotopic (exact) mass is 327 g/mol. The average molecular weight is 328 g/mol. The topological polar surface area (TPSA) is 63.1 Å². The van der Waals surface area contributed by atoms with E-state index < -0.39 is 0 Å². The molecule has 6 nitrogen and oxygen atoms in total. The van der Waals surface area contributed by atoms with E-state index in [0.29, 0.717) is 17.7 Å². The molecule has 124 valence electrons. The predicted octanol–water partition coefficient (Wildman–Crippen LogP) is 1.89. The zero-order valence-electron chi connectivity index (χ0n) is 13.2. The van der Waals surface area contributed by atoms with Crippen LogP contribution in [0.25, 0.3) is 0 Å². The number of carbonyl (C=O) groups is 1. The molecular weight excluding hydrogens is 302 g/mol. The van der Waals surface area contributed by atoms with E-state index in [2.05, 4.69) is 15.6 Å². The highest BCUT2D eigenvalue weighted by Gasteiger charge is 2.23. The van der Waals surface area contributed by atoms with Crippen molar-refractivity contribution >= 4 is 18.3 Å². The summed E-state index contributed by atoms with van der Waals surface area (Å²) >= 11 is 0. The van der Waals surface area contributed by atoms with Crippen molar-refractivity contribution in [3.8, 4) is 0 Å². The molecule has 0 radical (unpaired) electrons. The van der Waals surface area contributed by atoms with Gasteiger partial charge in [-0.25, -0.2) is 4.68 Å². The number of rotatable bonds is 4. The minimum atomic E-state index is 0. The van der Waals surface area contributed by atoms with E-state index >= 15 is 0 Å². The molecule has 7 heteroatoms. The van der Waals surface area contributed by atoms with Crippen LogP contribution in [-0.4, -0.2) is 52.5 Å². The van der Waals surface area contributed by atoms with Gasteiger partial charge in [0.05, 0.1) is 12.2 Å². The highest BCUT2D eigenvalue weighted by atomic mass is 35.5. The molecule has 2 heterocycles. The molecule has 0 unspecified atom stereocenters. The van der Waals surface area contributed by atoms with Crippen molar-refractivity contribution in [1.82, 2.24) is 25.2 Å². The van der Waals surface area contributed by atoms with Crippen LogP contribution >= 0.6 is 12.4 Å². The van der Waals surface area contributed by atoms with Gasteiger partial charge in [-0.2, -0.15) is 0 Å². The Bertz CT molecular complexity index is 480. The van der Waals surface area contributed by atoms with Gasteiger partial charge in [-0.15, -0.1) is 17.5 Å². The molecule has 1 saturated carbocycles. The number of nitrogens with zero attached hydrogens (tertiary/aromatic N) is 4. The van der Waals surface area contributed by atoms with Crippen molar-refractivity contribution < 1.29 is 4.79 Å². The Balaban J connectivity index is 0.00000176. The van der Waals surface area contributed by atoms with Crippen LogP contribution in [-0.2, 0) is 0 Å². The minimum absolute atomic E-state index is 0. The molecule has 22 heavy (non-hydrogen) atoms. The number of halogens is 1. The van der Waals surface area contributed by atoms with Crippen LogP contribution < -0.4 is 5.32 Å². The van der Waals surface area contributed by atoms with Crippen molar-refractivity contribution in [2.45, 2.75) is 44.6 Å². The molecule has 1 amide bonds. The van der Waals surface area contributed by atoms with Gasteiger partial charge in [-0.05, 0) is 44.7 Å².